The van der Waals surface area contributed by atoms with Gasteiger partial charge in [-0.2, -0.15) is 0 Å². The fraction of sp³-hybridized carbons (Fsp3) is 0.520. The van der Waals surface area contributed by atoms with Crippen LogP contribution in [0.5, 0.6) is 5.75 Å². The Balaban J connectivity index is 1.46. The molecule has 206 valence electrons. The van der Waals surface area contributed by atoms with Crippen LogP contribution in [0, 0.1) is 12.3 Å². The maximum absolute atomic E-state index is 13.3. The van der Waals surface area contributed by atoms with Crippen molar-refractivity contribution in [2.45, 2.75) is 25.4 Å². The molecule has 0 bridgehead atoms. The average molecular weight is 596 g/mol. The van der Waals surface area contributed by atoms with Gasteiger partial charge in [0.2, 0.25) is 17.7 Å². The first-order chi connectivity index (χ1) is 18.4. The van der Waals surface area contributed by atoms with Crippen LogP contribution in [0.3, 0.4) is 0 Å². The number of carbonyl (C=O) groups is 4. The minimum absolute atomic E-state index is 0.151. The van der Waals surface area contributed by atoms with E-state index in [1.54, 1.807) is 6.07 Å². The molecule has 1 aromatic carbocycles. The van der Waals surface area contributed by atoms with E-state index in [-0.39, 0.29) is 68.7 Å². The van der Waals surface area contributed by atoms with Gasteiger partial charge in [-0.05, 0) is 12.5 Å². The number of nitrogens with one attached hydrogen (secondary N) is 2. The Hall–Kier alpha value is -3.02. The molecule has 3 rings (SSSR count). The first kappa shape index (κ1) is 29.5. The molecule has 0 radical (unpaired) electrons. The molecule has 4 amide bonds. The van der Waals surface area contributed by atoms with Crippen molar-refractivity contribution < 1.29 is 42.9 Å². The minimum Gasteiger partial charge on any atom is -0.494 e. The van der Waals surface area contributed by atoms with Gasteiger partial charge in [-0.1, -0.05) is 21.9 Å². The molecular formula is C25H30BrN3O9. The fourth-order valence-corrected chi connectivity index (χ4v) is 4.57. The van der Waals surface area contributed by atoms with Gasteiger partial charge >= 0.3 is 0 Å². The molecule has 2 aliphatic heterocycles. The second kappa shape index (κ2) is 14.8. The largest absolute Gasteiger partial charge is 0.494 e. The summed E-state index contributed by atoms with van der Waals surface area (Å²) in [6, 6.07) is 0.870. The molecule has 1 atom stereocenters. The summed E-state index contributed by atoms with van der Waals surface area (Å²) >= 11 is 3.46. The van der Waals surface area contributed by atoms with E-state index in [1.807, 2.05) is 0 Å². The molecule has 1 saturated heterocycles. The number of terminal acetylenes is 1. The van der Waals surface area contributed by atoms with Gasteiger partial charge in [0.05, 0.1) is 58.0 Å². The zero-order valence-electron chi connectivity index (χ0n) is 21.0. The van der Waals surface area contributed by atoms with Crippen LogP contribution in [-0.4, -0.2) is 94.5 Å². The third-order valence-corrected chi connectivity index (χ3v) is 6.44. The van der Waals surface area contributed by atoms with Crippen molar-refractivity contribution in [2.75, 3.05) is 65.3 Å². The summed E-state index contributed by atoms with van der Waals surface area (Å²) in [5, 5.41) is 4.98. The molecule has 2 N–H and O–H groups in total. The van der Waals surface area contributed by atoms with Crippen LogP contribution in [0.1, 0.15) is 28.8 Å². The predicted molar refractivity (Wildman–Crippen MR) is 137 cm³/mol. The highest BCUT2D eigenvalue weighted by atomic mass is 79.9. The van der Waals surface area contributed by atoms with E-state index < -0.39 is 23.8 Å². The number of fused-ring (bicyclic) bond motifs is 1. The first-order valence-electron chi connectivity index (χ1n) is 12.0. The van der Waals surface area contributed by atoms with Crippen LogP contribution in [0.4, 0.5) is 5.69 Å². The SMILES string of the molecule is C#CCOCCOCCOCCOCC(=O)Nc1cc(Br)c2c(c1OC)C(=O)N(C1CCC(=O)NC1=O)C2. The molecule has 0 spiro atoms. The summed E-state index contributed by atoms with van der Waals surface area (Å²) < 4.78 is 27.2. The lowest BCUT2D eigenvalue weighted by Gasteiger charge is -2.29. The number of carbonyl (C=O) groups excluding carboxylic acids is 4. The second-order valence-electron chi connectivity index (χ2n) is 8.27. The molecule has 1 fully saturated rings. The van der Waals surface area contributed by atoms with Crippen molar-refractivity contribution >= 4 is 45.2 Å². The van der Waals surface area contributed by atoms with Crippen molar-refractivity contribution in [3.05, 3.63) is 21.7 Å². The van der Waals surface area contributed by atoms with E-state index >= 15 is 0 Å². The number of ether oxygens (including phenoxy) is 5. The Morgan fingerprint density at radius 1 is 1.13 bits per heavy atom. The van der Waals surface area contributed by atoms with E-state index in [0.29, 0.717) is 36.5 Å². The molecular weight excluding hydrogens is 566 g/mol. The maximum atomic E-state index is 13.3. The van der Waals surface area contributed by atoms with Crippen LogP contribution in [0.15, 0.2) is 10.5 Å². The summed E-state index contributed by atoms with van der Waals surface area (Å²) in [5.41, 5.74) is 1.16. The number of methoxy groups -OCH3 is 1. The smallest absolute Gasteiger partial charge is 0.259 e. The topological polar surface area (TPSA) is 142 Å². The lowest BCUT2D eigenvalue weighted by atomic mass is 10.0. The van der Waals surface area contributed by atoms with Gasteiger partial charge in [0.25, 0.3) is 5.91 Å². The van der Waals surface area contributed by atoms with Crippen molar-refractivity contribution in [1.29, 1.82) is 0 Å². The van der Waals surface area contributed by atoms with Crippen LogP contribution in [-0.2, 0) is 39.9 Å². The van der Waals surface area contributed by atoms with Crippen molar-refractivity contribution in [2.24, 2.45) is 0 Å². The number of amides is 4. The number of hydrogen-bond donors (Lipinski definition) is 2. The van der Waals surface area contributed by atoms with Crippen LogP contribution >= 0.6 is 15.9 Å². The normalized spacial score (nSPS) is 16.7. The third kappa shape index (κ3) is 7.75. The molecule has 0 aliphatic carbocycles. The van der Waals surface area contributed by atoms with Crippen LogP contribution in [0.25, 0.3) is 0 Å². The van der Waals surface area contributed by atoms with Crippen LogP contribution in [0.2, 0.25) is 0 Å². The van der Waals surface area contributed by atoms with Gasteiger partial charge in [0.1, 0.15) is 19.3 Å². The van der Waals surface area contributed by atoms with E-state index in [0.717, 1.165) is 0 Å². The molecule has 1 unspecified atom stereocenters. The highest BCUT2D eigenvalue weighted by Crippen LogP contribution is 2.42. The maximum Gasteiger partial charge on any atom is 0.259 e. The number of halogens is 1. The lowest BCUT2D eigenvalue weighted by Crippen LogP contribution is -2.52. The zero-order chi connectivity index (χ0) is 27.5. The Morgan fingerprint density at radius 3 is 2.42 bits per heavy atom. The Morgan fingerprint density at radius 2 is 1.79 bits per heavy atom. The summed E-state index contributed by atoms with van der Waals surface area (Å²) in [4.78, 5) is 51.0. The number of rotatable bonds is 15. The number of anilines is 1. The summed E-state index contributed by atoms with van der Waals surface area (Å²) in [5.74, 6) is 0.818. The Labute approximate surface area is 228 Å². The van der Waals surface area contributed by atoms with E-state index in [4.69, 9.17) is 30.1 Å². The van der Waals surface area contributed by atoms with Gasteiger partial charge in [-0.15, -0.1) is 6.42 Å². The third-order valence-electron chi connectivity index (χ3n) is 5.74. The predicted octanol–water partition coefficient (Wildman–Crippen LogP) is 0.857. The lowest BCUT2D eigenvalue weighted by molar-refractivity contribution is -0.137. The fourth-order valence-electron chi connectivity index (χ4n) is 4.01. The first-order valence-corrected chi connectivity index (χ1v) is 12.7. The molecule has 2 aliphatic rings. The number of piperidine rings is 1. The number of hydrogen-bond acceptors (Lipinski definition) is 9. The van der Waals surface area contributed by atoms with Crippen molar-refractivity contribution in [3.63, 3.8) is 0 Å². The van der Waals surface area contributed by atoms with E-state index in [2.05, 4.69) is 32.5 Å². The highest BCUT2D eigenvalue weighted by molar-refractivity contribution is 9.10. The second-order valence-corrected chi connectivity index (χ2v) is 9.13. The van der Waals surface area contributed by atoms with Gasteiger partial charge < -0.3 is 33.9 Å². The number of nitrogens with zero attached hydrogens (tertiary/aromatic N) is 1. The Bertz CT molecular complexity index is 1090. The summed E-state index contributed by atoms with van der Waals surface area (Å²) in [6.07, 6.45) is 5.46. The van der Waals surface area contributed by atoms with Crippen LogP contribution < -0.4 is 15.4 Å². The number of imide groups is 1. The van der Waals surface area contributed by atoms with Gasteiger partial charge in [0.15, 0.2) is 5.75 Å². The molecule has 12 nitrogen and oxygen atoms in total. The molecule has 0 aromatic heterocycles. The Kier molecular flexibility index (Phi) is 11.5. The van der Waals surface area contributed by atoms with Gasteiger partial charge in [-0.3, -0.25) is 24.5 Å². The quantitative estimate of drug-likeness (QED) is 0.171. The van der Waals surface area contributed by atoms with E-state index in [1.165, 1.54) is 12.0 Å². The molecule has 0 saturated carbocycles. The zero-order valence-corrected chi connectivity index (χ0v) is 22.6. The van der Waals surface area contributed by atoms with Gasteiger partial charge in [0, 0.05) is 23.0 Å². The highest BCUT2D eigenvalue weighted by Gasteiger charge is 2.42. The minimum atomic E-state index is -0.766. The van der Waals surface area contributed by atoms with Crippen molar-refractivity contribution in [1.82, 2.24) is 10.2 Å². The molecule has 1 aromatic rings. The average Bonchev–Trinajstić information content (AvgIpc) is 3.22. The van der Waals surface area contributed by atoms with Crippen molar-refractivity contribution in [3.8, 4) is 18.1 Å². The van der Waals surface area contributed by atoms with E-state index in [9.17, 15) is 19.2 Å². The summed E-state index contributed by atoms with van der Waals surface area (Å²) in [7, 11) is 1.39. The molecule has 2 heterocycles. The molecule has 13 heteroatoms. The number of benzene rings is 1. The van der Waals surface area contributed by atoms with Gasteiger partial charge in [-0.25, -0.2) is 0 Å². The molecule has 38 heavy (non-hydrogen) atoms. The summed E-state index contributed by atoms with van der Waals surface area (Å²) in [6.45, 7) is 2.26. The standard InChI is InChI=1S/C25H30BrN3O9/c1-3-6-35-7-8-36-9-10-37-11-12-38-15-21(31)27-18-13-17(26)16-14-29(25(33)22(16)23(18)34-2)19-4-5-20(30)28-24(19)32/h1,13,19H,4-12,14-15H2,2H3,(H,27,31)(H,28,30,32). The monoisotopic (exact) mass is 595 g/mol.